The Kier molecular flexibility index (Phi) is 3.59. The van der Waals surface area contributed by atoms with Crippen molar-refractivity contribution in [3.8, 4) is 6.07 Å². The topological polar surface area (TPSA) is 53.0 Å². The molecular weight excluding hydrogens is 265 g/mol. The van der Waals surface area contributed by atoms with Crippen molar-refractivity contribution in [2.75, 3.05) is 12.3 Å². The highest BCUT2D eigenvalue weighted by Gasteiger charge is 2.16. The molecule has 0 aliphatic carbocycles. The second-order valence-electron chi connectivity index (χ2n) is 5.45. The molecule has 0 fully saturated rings. The number of nitrogens with two attached hydrogens (primary N) is 1. The van der Waals surface area contributed by atoms with Crippen LogP contribution < -0.4 is 5.73 Å². The molecule has 0 bridgehead atoms. The van der Waals surface area contributed by atoms with E-state index in [1.807, 2.05) is 18.2 Å². The lowest BCUT2D eigenvalue weighted by atomic mass is 9.98. The Morgan fingerprint density at radius 2 is 2.05 bits per heavy atom. The molecule has 1 heterocycles. The first kappa shape index (κ1) is 13.6. The first-order valence-electron chi connectivity index (χ1n) is 6.93. The van der Waals surface area contributed by atoms with Crippen LogP contribution in [0.1, 0.15) is 22.3 Å². The molecule has 0 saturated heterocycles. The van der Waals surface area contributed by atoms with Crippen molar-refractivity contribution in [3.63, 3.8) is 0 Å². The Labute approximate surface area is 123 Å². The van der Waals surface area contributed by atoms with Gasteiger partial charge in [0.2, 0.25) is 0 Å². The summed E-state index contributed by atoms with van der Waals surface area (Å²) >= 11 is 0. The summed E-state index contributed by atoms with van der Waals surface area (Å²) in [5, 5.41) is 8.91. The van der Waals surface area contributed by atoms with Crippen molar-refractivity contribution in [1.29, 1.82) is 5.26 Å². The predicted octanol–water partition coefficient (Wildman–Crippen LogP) is 2.84. The van der Waals surface area contributed by atoms with Gasteiger partial charge in [-0.15, -0.1) is 0 Å². The van der Waals surface area contributed by atoms with Gasteiger partial charge >= 0.3 is 0 Å². The Bertz CT molecular complexity index is 718. The summed E-state index contributed by atoms with van der Waals surface area (Å²) in [4.78, 5) is 2.25. The number of nitrogen functional groups attached to an aromatic ring is 1. The molecule has 2 aromatic carbocycles. The van der Waals surface area contributed by atoms with E-state index in [1.165, 1.54) is 23.3 Å². The summed E-state index contributed by atoms with van der Waals surface area (Å²) in [5.74, 6) is -0.356. The smallest absolute Gasteiger partial charge is 0.124 e. The molecule has 2 aromatic rings. The fourth-order valence-electron chi connectivity index (χ4n) is 2.83. The molecule has 0 aromatic heterocycles. The van der Waals surface area contributed by atoms with Crippen LogP contribution in [0.2, 0.25) is 0 Å². The maximum absolute atomic E-state index is 13.5. The van der Waals surface area contributed by atoms with E-state index in [0.29, 0.717) is 12.1 Å². The highest BCUT2D eigenvalue weighted by atomic mass is 19.1. The minimum absolute atomic E-state index is 0.356. The highest BCUT2D eigenvalue weighted by Crippen LogP contribution is 2.23. The van der Waals surface area contributed by atoms with Crippen molar-refractivity contribution in [2.45, 2.75) is 19.5 Å². The lowest BCUT2D eigenvalue weighted by Crippen LogP contribution is -2.30. The molecule has 4 heteroatoms. The van der Waals surface area contributed by atoms with Crippen molar-refractivity contribution in [2.24, 2.45) is 0 Å². The third kappa shape index (κ3) is 3.04. The fraction of sp³-hybridized carbons (Fsp3) is 0.235. The van der Waals surface area contributed by atoms with Crippen LogP contribution in [0.25, 0.3) is 0 Å². The number of nitrogens with zero attached hydrogens (tertiary/aromatic N) is 2. The SMILES string of the molecule is N#Cc1cc(F)cc(CN2CCc3ccc(N)cc3C2)c1. The standard InChI is InChI=1S/C17H16FN3/c18-16-6-12(9-19)5-13(7-16)10-21-4-3-14-1-2-17(20)8-15(14)11-21/h1-2,5-8H,3-4,10-11,20H2. The molecule has 3 nitrogen and oxygen atoms in total. The normalized spacial score (nSPS) is 14.5. The van der Waals surface area contributed by atoms with Gasteiger partial charge in [-0.3, -0.25) is 4.90 Å². The lowest BCUT2D eigenvalue weighted by Gasteiger charge is -2.29. The van der Waals surface area contributed by atoms with Crippen LogP contribution in [0, 0.1) is 17.1 Å². The average molecular weight is 281 g/mol. The Morgan fingerprint density at radius 1 is 1.19 bits per heavy atom. The van der Waals surface area contributed by atoms with Crippen molar-refractivity contribution < 1.29 is 4.39 Å². The van der Waals surface area contributed by atoms with Gasteiger partial charge in [-0.2, -0.15) is 5.26 Å². The fourth-order valence-corrected chi connectivity index (χ4v) is 2.83. The van der Waals surface area contributed by atoms with E-state index in [9.17, 15) is 4.39 Å². The monoisotopic (exact) mass is 281 g/mol. The van der Waals surface area contributed by atoms with Gasteiger partial charge in [0, 0.05) is 25.3 Å². The second-order valence-corrected chi connectivity index (χ2v) is 5.45. The van der Waals surface area contributed by atoms with Crippen LogP contribution in [-0.4, -0.2) is 11.4 Å². The summed E-state index contributed by atoms with van der Waals surface area (Å²) in [6.07, 6.45) is 0.968. The van der Waals surface area contributed by atoms with Gasteiger partial charge in [-0.1, -0.05) is 6.07 Å². The number of hydrogen-bond acceptors (Lipinski definition) is 3. The molecule has 0 unspecified atom stereocenters. The van der Waals surface area contributed by atoms with Gasteiger partial charge in [0.1, 0.15) is 5.82 Å². The zero-order valence-electron chi connectivity index (χ0n) is 11.6. The van der Waals surface area contributed by atoms with Gasteiger partial charge < -0.3 is 5.73 Å². The van der Waals surface area contributed by atoms with E-state index >= 15 is 0 Å². The number of nitriles is 1. The largest absolute Gasteiger partial charge is 0.399 e. The van der Waals surface area contributed by atoms with Gasteiger partial charge in [0.05, 0.1) is 11.6 Å². The number of fused-ring (bicyclic) bond motifs is 1. The van der Waals surface area contributed by atoms with Crippen LogP contribution >= 0.6 is 0 Å². The molecule has 0 amide bonds. The van der Waals surface area contributed by atoms with E-state index in [1.54, 1.807) is 6.07 Å². The first-order valence-corrected chi connectivity index (χ1v) is 6.93. The van der Waals surface area contributed by atoms with E-state index in [0.717, 1.165) is 30.8 Å². The van der Waals surface area contributed by atoms with E-state index < -0.39 is 0 Å². The number of benzene rings is 2. The maximum Gasteiger partial charge on any atom is 0.124 e. The van der Waals surface area contributed by atoms with Crippen LogP contribution in [-0.2, 0) is 19.5 Å². The molecule has 1 aliphatic heterocycles. The molecule has 3 rings (SSSR count). The Hall–Kier alpha value is -2.38. The quantitative estimate of drug-likeness (QED) is 0.861. The summed E-state index contributed by atoms with van der Waals surface area (Å²) in [5.41, 5.74) is 10.4. The van der Waals surface area contributed by atoms with Crippen LogP contribution in [0.4, 0.5) is 10.1 Å². The number of rotatable bonds is 2. The molecular formula is C17H16FN3. The molecule has 1 aliphatic rings. The molecule has 0 saturated carbocycles. The minimum atomic E-state index is -0.356. The summed E-state index contributed by atoms with van der Waals surface area (Å²) in [7, 11) is 0. The van der Waals surface area contributed by atoms with Gasteiger partial charge in [0.25, 0.3) is 0 Å². The third-order valence-electron chi connectivity index (χ3n) is 3.81. The van der Waals surface area contributed by atoms with E-state index in [4.69, 9.17) is 11.0 Å². The van der Waals surface area contributed by atoms with E-state index in [2.05, 4.69) is 11.0 Å². The highest BCUT2D eigenvalue weighted by molar-refractivity contribution is 5.45. The number of halogens is 1. The molecule has 0 spiro atoms. The third-order valence-corrected chi connectivity index (χ3v) is 3.81. The number of anilines is 1. The minimum Gasteiger partial charge on any atom is -0.399 e. The molecule has 106 valence electrons. The van der Waals surface area contributed by atoms with Crippen LogP contribution in [0.5, 0.6) is 0 Å². The molecule has 2 N–H and O–H groups in total. The van der Waals surface area contributed by atoms with Crippen LogP contribution in [0.15, 0.2) is 36.4 Å². The van der Waals surface area contributed by atoms with Gasteiger partial charge in [0.15, 0.2) is 0 Å². The Morgan fingerprint density at radius 3 is 2.86 bits per heavy atom. The molecule has 0 atom stereocenters. The van der Waals surface area contributed by atoms with Crippen molar-refractivity contribution in [1.82, 2.24) is 4.90 Å². The Balaban J connectivity index is 1.78. The summed E-state index contributed by atoms with van der Waals surface area (Å²) < 4.78 is 13.5. The first-order chi connectivity index (χ1) is 10.1. The average Bonchev–Trinajstić information content (AvgIpc) is 2.46. The lowest BCUT2D eigenvalue weighted by molar-refractivity contribution is 0.245. The van der Waals surface area contributed by atoms with Gasteiger partial charge in [-0.25, -0.2) is 4.39 Å². The van der Waals surface area contributed by atoms with Crippen molar-refractivity contribution >= 4 is 5.69 Å². The van der Waals surface area contributed by atoms with Gasteiger partial charge in [-0.05, 0) is 53.4 Å². The number of hydrogen-bond donors (Lipinski definition) is 1. The van der Waals surface area contributed by atoms with Crippen LogP contribution in [0.3, 0.4) is 0 Å². The summed E-state index contributed by atoms with van der Waals surface area (Å²) in [6.45, 7) is 2.37. The maximum atomic E-state index is 13.5. The van der Waals surface area contributed by atoms with Crippen molar-refractivity contribution in [3.05, 3.63) is 64.5 Å². The van der Waals surface area contributed by atoms with E-state index in [-0.39, 0.29) is 5.82 Å². The zero-order chi connectivity index (χ0) is 14.8. The summed E-state index contributed by atoms with van der Waals surface area (Å²) in [6, 6.07) is 12.5. The second kappa shape index (κ2) is 5.55. The zero-order valence-corrected chi connectivity index (χ0v) is 11.6. The predicted molar refractivity (Wildman–Crippen MR) is 79.8 cm³/mol. The molecule has 21 heavy (non-hydrogen) atoms. The molecule has 0 radical (unpaired) electrons.